The number of aromatic amines is 1. The normalized spacial score (nSPS) is 10.3. The van der Waals surface area contributed by atoms with Gasteiger partial charge in [-0.25, -0.2) is 9.18 Å². The van der Waals surface area contributed by atoms with E-state index in [0.29, 0.717) is 18.5 Å². The molecule has 0 aliphatic carbocycles. The van der Waals surface area contributed by atoms with Crippen LogP contribution < -0.4 is 4.74 Å². The molecule has 0 bridgehead atoms. The topological polar surface area (TPSA) is 118 Å². The summed E-state index contributed by atoms with van der Waals surface area (Å²) in [6.07, 6.45) is 0.809. The molecule has 0 amide bonds. The van der Waals surface area contributed by atoms with Crippen LogP contribution in [0.2, 0.25) is 0 Å². The summed E-state index contributed by atoms with van der Waals surface area (Å²) in [4.78, 5) is 21.2. The maximum atomic E-state index is 13.5. The molecular weight excluding hydrogens is 283 g/mol. The van der Waals surface area contributed by atoms with Crippen LogP contribution in [0.4, 0.5) is 10.2 Å². The number of rotatable bonds is 7. The summed E-state index contributed by atoms with van der Waals surface area (Å²) in [6.45, 7) is 0.130. The number of carboxylic acid groups (broad SMARTS) is 1. The summed E-state index contributed by atoms with van der Waals surface area (Å²) in [5, 5.41) is 21.1. The lowest BCUT2D eigenvalue weighted by Crippen LogP contribution is -2.03. The molecule has 21 heavy (non-hydrogen) atoms. The van der Waals surface area contributed by atoms with E-state index < -0.39 is 11.8 Å². The summed E-state index contributed by atoms with van der Waals surface area (Å²) in [6, 6.07) is 3.30. The second-order valence-corrected chi connectivity index (χ2v) is 4.09. The van der Waals surface area contributed by atoms with Gasteiger partial charge < -0.3 is 9.84 Å². The van der Waals surface area contributed by atoms with Gasteiger partial charge in [0.1, 0.15) is 5.69 Å². The zero-order valence-corrected chi connectivity index (χ0v) is 10.7. The van der Waals surface area contributed by atoms with Crippen LogP contribution in [0.15, 0.2) is 23.4 Å². The monoisotopic (exact) mass is 294 g/mol. The van der Waals surface area contributed by atoms with Crippen LogP contribution in [0.3, 0.4) is 0 Å². The van der Waals surface area contributed by atoms with Crippen molar-refractivity contribution in [2.45, 2.75) is 12.8 Å². The van der Waals surface area contributed by atoms with E-state index in [-0.39, 0.29) is 23.7 Å². The number of nitrogens with zero attached hydrogens (tertiary/aromatic N) is 3. The molecule has 2 aromatic rings. The van der Waals surface area contributed by atoms with Crippen molar-refractivity contribution < 1.29 is 19.0 Å². The van der Waals surface area contributed by atoms with E-state index in [0.717, 1.165) is 18.2 Å². The van der Waals surface area contributed by atoms with Crippen molar-refractivity contribution >= 4 is 11.8 Å². The van der Waals surface area contributed by atoms with Crippen molar-refractivity contribution in [1.29, 1.82) is 0 Å². The Balaban J connectivity index is 1.90. The fourth-order valence-corrected chi connectivity index (χ4v) is 1.66. The van der Waals surface area contributed by atoms with Crippen LogP contribution in [0, 0.1) is 10.7 Å². The summed E-state index contributed by atoms with van der Waals surface area (Å²) < 4.78 is 18.6. The molecular formula is C12H11FN4O4. The number of halogens is 1. The number of carbonyl (C=O) groups is 1. The highest BCUT2D eigenvalue weighted by atomic mass is 19.1. The Bertz CT molecular complexity index is 658. The first-order valence-corrected chi connectivity index (χ1v) is 6.00. The minimum atomic E-state index is -1.16. The quantitative estimate of drug-likeness (QED) is 0.596. The van der Waals surface area contributed by atoms with Crippen molar-refractivity contribution in [3.05, 3.63) is 40.2 Å². The predicted molar refractivity (Wildman–Crippen MR) is 69.0 cm³/mol. The van der Waals surface area contributed by atoms with Gasteiger partial charge in [-0.1, -0.05) is 0 Å². The second-order valence-electron chi connectivity index (χ2n) is 4.09. The van der Waals surface area contributed by atoms with Gasteiger partial charge in [-0.3, -0.25) is 0 Å². The van der Waals surface area contributed by atoms with Crippen LogP contribution in [0.5, 0.6) is 5.75 Å². The highest BCUT2D eigenvalue weighted by molar-refractivity contribution is 5.88. The molecule has 0 atom stereocenters. The SMILES string of the molecule is O=Nc1n[nH]nc1CCCOc1cc(C(=O)O)ccc1F. The average Bonchev–Trinajstić information content (AvgIpc) is 2.92. The molecule has 0 saturated carbocycles. The summed E-state index contributed by atoms with van der Waals surface area (Å²) in [5.74, 6) is -1.96. The largest absolute Gasteiger partial charge is 0.490 e. The van der Waals surface area contributed by atoms with Crippen LogP contribution >= 0.6 is 0 Å². The highest BCUT2D eigenvalue weighted by Crippen LogP contribution is 2.20. The third-order valence-corrected chi connectivity index (χ3v) is 2.68. The average molecular weight is 294 g/mol. The van der Waals surface area contributed by atoms with Gasteiger partial charge in [0.25, 0.3) is 0 Å². The Hall–Kier alpha value is -2.84. The molecule has 110 valence electrons. The molecule has 1 aromatic carbocycles. The molecule has 0 fully saturated rings. The summed E-state index contributed by atoms with van der Waals surface area (Å²) in [5.41, 5.74) is 0.337. The molecule has 0 aliphatic heterocycles. The molecule has 0 spiro atoms. The third kappa shape index (κ3) is 3.59. The number of hydrogen-bond acceptors (Lipinski definition) is 6. The number of carboxylic acids is 1. The Kier molecular flexibility index (Phi) is 4.54. The van der Waals surface area contributed by atoms with Gasteiger partial charge in [-0.15, -0.1) is 10.0 Å². The fourth-order valence-electron chi connectivity index (χ4n) is 1.66. The van der Waals surface area contributed by atoms with Crippen molar-refractivity contribution in [1.82, 2.24) is 15.4 Å². The number of nitroso groups, excluding NO2 is 1. The second kappa shape index (κ2) is 6.55. The van der Waals surface area contributed by atoms with Crippen LogP contribution in [0.1, 0.15) is 22.5 Å². The van der Waals surface area contributed by atoms with E-state index in [2.05, 4.69) is 20.6 Å². The van der Waals surface area contributed by atoms with Crippen molar-refractivity contribution in [2.24, 2.45) is 5.18 Å². The number of aromatic carboxylic acids is 1. The molecule has 1 heterocycles. The molecule has 0 saturated heterocycles. The Morgan fingerprint density at radius 2 is 2.24 bits per heavy atom. The number of ether oxygens (including phenoxy) is 1. The molecule has 2 N–H and O–H groups in total. The number of benzene rings is 1. The maximum Gasteiger partial charge on any atom is 0.335 e. The Morgan fingerprint density at radius 1 is 1.43 bits per heavy atom. The van der Waals surface area contributed by atoms with Gasteiger partial charge in [0.2, 0.25) is 5.82 Å². The number of aryl methyl sites for hydroxylation is 1. The predicted octanol–water partition coefficient (Wildman–Crippen LogP) is 2.05. The smallest absolute Gasteiger partial charge is 0.335 e. The van der Waals surface area contributed by atoms with Crippen LogP contribution in [-0.2, 0) is 6.42 Å². The van der Waals surface area contributed by atoms with Crippen molar-refractivity contribution in [3.63, 3.8) is 0 Å². The van der Waals surface area contributed by atoms with Gasteiger partial charge in [0.15, 0.2) is 11.6 Å². The zero-order valence-electron chi connectivity index (χ0n) is 10.7. The van der Waals surface area contributed by atoms with Gasteiger partial charge in [-0.2, -0.15) is 10.3 Å². The van der Waals surface area contributed by atoms with Gasteiger partial charge in [0, 0.05) is 0 Å². The summed E-state index contributed by atoms with van der Waals surface area (Å²) >= 11 is 0. The van der Waals surface area contributed by atoms with Gasteiger partial charge in [-0.05, 0) is 36.2 Å². The molecule has 0 unspecified atom stereocenters. The molecule has 1 aromatic heterocycles. The van der Waals surface area contributed by atoms with E-state index in [1.165, 1.54) is 0 Å². The zero-order chi connectivity index (χ0) is 15.2. The van der Waals surface area contributed by atoms with E-state index in [9.17, 15) is 14.1 Å². The minimum absolute atomic E-state index is 0.0194. The number of aromatic nitrogens is 3. The Morgan fingerprint density at radius 3 is 2.95 bits per heavy atom. The minimum Gasteiger partial charge on any atom is -0.490 e. The molecule has 2 rings (SSSR count). The lowest BCUT2D eigenvalue weighted by atomic mass is 10.2. The van der Waals surface area contributed by atoms with Crippen molar-refractivity contribution in [2.75, 3.05) is 6.61 Å². The van der Waals surface area contributed by atoms with Crippen LogP contribution in [0.25, 0.3) is 0 Å². The standard InChI is InChI=1S/C12H11FN4O4/c13-8-4-3-7(12(18)19)6-10(8)21-5-1-2-9-11(16-20)15-17-14-9/h3-4,6H,1-2,5H2,(H,18,19)(H,14,15,17). The lowest BCUT2D eigenvalue weighted by Gasteiger charge is -2.07. The van der Waals surface area contributed by atoms with Crippen molar-refractivity contribution in [3.8, 4) is 5.75 Å². The van der Waals surface area contributed by atoms with Gasteiger partial charge >= 0.3 is 5.97 Å². The Labute approximate surface area is 117 Å². The van der Waals surface area contributed by atoms with Gasteiger partial charge in [0.05, 0.1) is 12.2 Å². The molecule has 0 aliphatic rings. The maximum absolute atomic E-state index is 13.5. The summed E-state index contributed by atoms with van der Waals surface area (Å²) in [7, 11) is 0. The first-order chi connectivity index (χ1) is 10.1. The van der Waals surface area contributed by atoms with E-state index in [1.54, 1.807) is 0 Å². The van der Waals surface area contributed by atoms with E-state index >= 15 is 0 Å². The first-order valence-electron chi connectivity index (χ1n) is 6.00. The first kappa shape index (κ1) is 14.6. The molecule has 9 heteroatoms. The number of nitrogens with one attached hydrogen (secondary N) is 1. The number of hydrogen-bond donors (Lipinski definition) is 2. The number of H-pyrrole nitrogens is 1. The molecule has 8 nitrogen and oxygen atoms in total. The molecule has 0 radical (unpaired) electrons. The third-order valence-electron chi connectivity index (χ3n) is 2.68. The van der Waals surface area contributed by atoms with E-state index in [1.807, 2.05) is 0 Å². The lowest BCUT2D eigenvalue weighted by molar-refractivity contribution is 0.0696. The van der Waals surface area contributed by atoms with Crippen LogP contribution in [-0.4, -0.2) is 33.1 Å². The van der Waals surface area contributed by atoms with E-state index in [4.69, 9.17) is 9.84 Å². The fraction of sp³-hybridized carbons (Fsp3) is 0.250. The highest BCUT2D eigenvalue weighted by Gasteiger charge is 2.11.